The Labute approximate surface area is 248 Å². The Morgan fingerprint density at radius 2 is 1.68 bits per heavy atom. The molecule has 0 aliphatic heterocycles. The van der Waals surface area contributed by atoms with E-state index in [1.807, 2.05) is 45.0 Å². The molecular formula is C31H38ClN3O5S. The van der Waals surface area contributed by atoms with Gasteiger partial charge < -0.3 is 15.0 Å². The lowest BCUT2D eigenvalue weighted by Gasteiger charge is -2.33. The molecule has 0 spiro atoms. The number of benzene rings is 3. The quantitative estimate of drug-likeness (QED) is 0.244. The lowest BCUT2D eigenvalue weighted by atomic mass is 10.1. The van der Waals surface area contributed by atoms with Crippen LogP contribution in [0.25, 0.3) is 0 Å². The Balaban J connectivity index is 2.08. The number of aryl methyl sites for hydroxylation is 1. The number of methoxy groups -OCH3 is 1. The molecule has 1 unspecified atom stereocenters. The number of ether oxygens (including phenoxy) is 1. The van der Waals surface area contributed by atoms with Crippen LogP contribution in [0.3, 0.4) is 0 Å². The van der Waals surface area contributed by atoms with Gasteiger partial charge in [-0.05, 0) is 55.7 Å². The van der Waals surface area contributed by atoms with Crippen LogP contribution in [0.4, 0.5) is 5.69 Å². The molecule has 3 aromatic rings. The first-order valence-corrected chi connectivity index (χ1v) is 15.5. The molecule has 0 saturated carbocycles. The van der Waals surface area contributed by atoms with Gasteiger partial charge in [0.05, 0.1) is 17.7 Å². The van der Waals surface area contributed by atoms with E-state index in [4.69, 9.17) is 16.3 Å². The predicted octanol–water partition coefficient (Wildman–Crippen LogP) is 5.58. The Bertz CT molecular complexity index is 1420. The molecule has 3 rings (SSSR count). The van der Waals surface area contributed by atoms with Crippen LogP contribution in [0.1, 0.15) is 44.2 Å². The molecule has 2 amide bonds. The van der Waals surface area contributed by atoms with Gasteiger partial charge in [0.2, 0.25) is 11.8 Å². The zero-order valence-corrected chi connectivity index (χ0v) is 25.5. The zero-order valence-electron chi connectivity index (χ0n) is 24.0. The minimum atomic E-state index is -4.23. The molecule has 220 valence electrons. The minimum absolute atomic E-state index is 0.00395. The summed E-state index contributed by atoms with van der Waals surface area (Å²) in [4.78, 5) is 28.9. The van der Waals surface area contributed by atoms with Crippen LogP contribution in [0.2, 0.25) is 5.02 Å². The maximum absolute atomic E-state index is 14.2. The molecule has 1 atom stereocenters. The third-order valence-corrected chi connectivity index (χ3v) is 8.72. The summed E-state index contributed by atoms with van der Waals surface area (Å²) < 4.78 is 34.5. The average molecular weight is 600 g/mol. The van der Waals surface area contributed by atoms with Crippen LogP contribution in [0.15, 0.2) is 77.7 Å². The summed E-state index contributed by atoms with van der Waals surface area (Å²) in [5.41, 5.74) is 2.00. The minimum Gasteiger partial charge on any atom is -0.495 e. The van der Waals surface area contributed by atoms with Gasteiger partial charge in [-0.2, -0.15) is 0 Å². The van der Waals surface area contributed by atoms with E-state index in [0.29, 0.717) is 13.0 Å². The second-order valence-electron chi connectivity index (χ2n) is 9.72. The number of hydrogen-bond acceptors (Lipinski definition) is 5. The van der Waals surface area contributed by atoms with Crippen LogP contribution >= 0.6 is 11.6 Å². The van der Waals surface area contributed by atoms with Gasteiger partial charge in [-0.25, -0.2) is 8.42 Å². The van der Waals surface area contributed by atoms with Crippen LogP contribution in [-0.4, -0.2) is 51.4 Å². The number of amides is 2. The summed E-state index contributed by atoms with van der Waals surface area (Å²) >= 11 is 6.28. The Morgan fingerprint density at radius 3 is 2.29 bits per heavy atom. The van der Waals surface area contributed by atoms with E-state index in [0.717, 1.165) is 28.3 Å². The Hall–Kier alpha value is -3.56. The zero-order chi connectivity index (χ0) is 30.0. The normalized spacial score (nSPS) is 11.9. The summed E-state index contributed by atoms with van der Waals surface area (Å²) in [5, 5.41) is 3.21. The second kappa shape index (κ2) is 14.9. The fraction of sp³-hybridized carbons (Fsp3) is 0.355. The number of sulfonamides is 1. The van der Waals surface area contributed by atoms with Gasteiger partial charge >= 0.3 is 0 Å². The van der Waals surface area contributed by atoms with E-state index in [9.17, 15) is 18.0 Å². The summed E-state index contributed by atoms with van der Waals surface area (Å²) in [6, 6.07) is 19.3. The summed E-state index contributed by atoms with van der Waals surface area (Å²) in [7, 11) is -2.82. The highest BCUT2D eigenvalue weighted by molar-refractivity contribution is 7.92. The molecule has 0 radical (unpaired) electrons. The highest BCUT2D eigenvalue weighted by atomic mass is 35.5. The molecule has 0 fully saturated rings. The van der Waals surface area contributed by atoms with Gasteiger partial charge in [-0.15, -0.1) is 0 Å². The van der Waals surface area contributed by atoms with Crippen LogP contribution in [-0.2, 0) is 26.2 Å². The number of nitrogens with one attached hydrogen (secondary N) is 1. The van der Waals surface area contributed by atoms with Gasteiger partial charge in [0.1, 0.15) is 18.3 Å². The number of halogens is 1. The van der Waals surface area contributed by atoms with Crippen LogP contribution in [0.5, 0.6) is 5.75 Å². The van der Waals surface area contributed by atoms with E-state index in [2.05, 4.69) is 5.32 Å². The molecule has 41 heavy (non-hydrogen) atoms. The van der Waals surface area contributed by atoms with Crippen molar-refractivity contribution in [1.82, 2.24) is 10.2 Å². The van der Waals surface area contributed by atoms with E-state index in [1.165, 1.54) is 30.2 Å². The molecule has 1 N–H and O–H groups in total. The van der Waals surface area contributed by atoms with Crippen LogP contribution in [0, 0.1) is 6.92 Å². The molecule has 8 nitrogen and oxygen atoms in total. The van der Waals surface area contributed by atoms with E-state index in [-0.39, 0.29) is 33.8 Å². The first kappa shape index (κ1) is 32.0. The molecule has 10 heteroatoms. The number of anilines is 1. The number of carbonyl (C=O) groups is 2. The summed E-state index contributed by atoms with van der Waals surface area (Å²) in [6.45, 7) is 5.88. The maximum atomic E-state index is 14.2. The number of nitrogens with zero attached hydrogens (tertiary/aromatic N) is 2. The molecule has 3 aromatic carbocycles. The van der Waals surface area contributed by atoms with Crippen molar-refractivity contribution in [3.05, 3.63) is 88.9 Å². The fourth-order valence-corrected chi connectivity index (χ4v) is 6.01. The average Bonchev–Trinajstić information content (AvgIpc) is 2.97. The second-order valence-corrected chi connectivity index (χ2v) is 12.0. The highest BCUT2D eigenvalue weighted by Gasteiger charge is 2.34. The third kappa shape index (κ3) is 8.24. The fourth-order valence-electron chi connectivity index (χ4n) is 4.41. The van der Waals surface area contributed by atoms with E-state index in [1.54, 1.807) is 30.3 Å². The van der Waals surface area contributed by atoms with Gasteiger partial charge in [0.25, 0.3) is 10.0 Å². The maximum Gasteiger partial charge on any atom is 0.264 e. The molecular weight excluding hydrogens is 562 g/mol. The number of rotatable bonds is 14. The van der Waals surface area contributed by atoms with Crippen LogP contribution < -0.4 is 14.4 Å². The van der Waals surface area contributed by atoms with Gasteiger partial charge in [0.15, 0.2) is 0 Å². The Morgan fingerprint density at radius 1 is 1.00 bits per heavy atom. The van der Waals surface area contributed by atoms with Crippen molar-refractivity contribution in [3.8, 4) is 5.75 Å². The van der Waals surface area contributed by atoms with E-state index >= 15 is 0 Å². The first-order valence-electron chi connectivity index (χ1n) is 13.7. The highest BCUT2D eigenvalue weighted by Crippen LogP contribution is 2.35. The molecule has 0 saturated heterocycles. The number of carbonyl (C=O) groups excluding carboxylic acids is 2. The van der Waals surface area contributed by atoms with Crippen molar-refractivity contribution in [2.24, 2.45) is 0 Å². The molecule has 0 bridgehead atoms. The van der Waals surface area contributed by atoms with Crippen molar-refractivity contribution < 1.29 is 22.7 Å². The summed E-state index contributed by atoms with van der Waals surface area (Å²) in [5.74, 6) is -0.583. The standard InChI is InChI=1S/C31H38ClN3O5S/c1-5-7-19-33-31(37)27(6-2)34(21-24-15-13-23(3)14-16-24)30(36)22-35(28-20-25(32)17-18-29(28)40-4)41(38,39)26-11-9-8-10-12-26/h8-18,20,27H,5-7,19,21-22H2,1-4H3,(H,33,37). The largest absolute Gasteiger partial charge is 0.495 e. The lowest BCUT2D eigenvalue weighted by Crippen LogP contribution is -2.52. The molecule has 0 aliphatic carbocycles. The summed E-state index contributed by atoms with van der Waals surface area (Å²) in [6.07, 6.45) is 2.07. The van der Waals surface area contributed by atoms with Crippen molar-refractivity contribution in [2.45, 2.75) is 57.5 Å². The van der Waals surface area contributed by atoms with Crippen molar-refractivity contribution >= 4 is 39.1 Å². The smallest absolute Gasteiger partial charge is 0.264 e. The molecule has 0 aromatic heterocycles. The topological polar surface area (TPSA) is 96.0 Å². The van der Waals surface area contributed by atoms with Crippen molar-refractivity contribution in [3.63, 3.8) is 0 Å². The first-order chi connectivity index (χ1) is 19.6. The monoisotopic (exact) mass is 599 g/mol. The SMILES string of the molecule is CCCCNC(=O)C(CC)N(Cc1ccc(C)cc1)C(=O)CN(c1cc(Cl)ccc1OC)S(=O)(=O)c1ccccc1. The van der Waals surface area contributed by atoms with Gasteiger partial charge in [0, 0.05) is 18.1 Å². The van der Waals surface area contributed by atoms with Gasteiger partial charge in [-0.1, -0.05) is 79.9 Å². The van der Waals surface area contributed by atoms with Gasteiger partial charge in [-0.3, -0.25) is 13.9 Å². The van der Waals surface area contributed by atoms with Crippen molar-refractivity contribution in [1.29, 1.82) is 0 Å². The Kier molecular flexibility index (Phi) is 11.6. The molecule has 0 aliphatic rings. The van der Waals surface area contributed by atoms with E-state index < -0.39 is 28.5 Å². The molecule has 0 heterocycles. The number of unbranched alkanes of at least 4 members (excludes halogenated alkanes) is 1. The van der Waals surface area contributed by atoms with Crippen molar-refractivity contribution in [2.75, 3.05) is 24.5 Å². The lowest BCUT2D eigenvalue weighted by molar-refractivity contribution is -0.140. The number of hydrogen-bond donors (Lipinski definition) is 1. The third-order valence-electron chi connectivity index (χ3n) is 6.71. The predicted molar refractivity (Wildman–Crippen MR) is 163 cm³/mol.